The number of benzene rings is 2. The number of imide groups is 1. The lowest BCUT2D eigenvalue weighted by atomic mass is 9.90. The van der Waals surface area contributed by atoms with E-state index in [-0.39, 0.29) is 30.3 Å². The van der Waals surface area contributed by atoms with Gasteiger partial charge in [-0.25, -0.2) is 18.9 Å². The molecule has 2 atom stereocenters. The quantitative estimate of drug-likeness (QED) is 0.357. The zero-order valence-corrected chi connectivity index (χ0v) is 24.7. The second kappa shape index (κ2) is 13.2. The molecule has 41 heavy (non-hydrogen) atoms. The zero-order valence-electron chi connectivity index (χ0n) is 24.0. The van der Waals surface area contributed by atoms with Crippen LogP contribution in [0.3, 0.4) is 0 Å². The summed E-state index contributed by atoms with van der Waals surface area (Å²) < 4.78 is 31.3. The Morgan fingerprint density at radius 1 is 1.12 bits per heavy atom. The Bertz CT molecular complexity index is 1230. The van der Waals surface area contributed by atoms with Gasteiger partial charge in [-0.3, -0.25) is 4.79 Å². The van der Waals surface area contributed by atoms with Gasteiger partial charge in [0.05, 0.1) is 23.1 Å². The van der Waals surface area contributed by atoms with Gasteiger partial charge in [0.15, 0.2) is 0 Å². The van der Waals surface area contributed by atoms with Crippen LogP contribution in [0.4, 0.5) is 14.0 Å². The molecule has 0 N–H and O–H groups in total. The van der Waals surface area contributed by atoms with Crippen molar-refractivity contribution in [1.82, 2.24) is 9.80 Å². The molecule has 0 spiro atoms. The Kier molecular flexibility index (Phi) is 9.92. The van der Waals surface area contributed by atoms with E-state index in [4.69, 9.17) is 25.8 Å². The zero-order chi connectivity index (χ0) is 29.7. The number of nitrogens with zero attached hydrogens (tertiary/aromatic N) is 2. The largest absolute Gasteiger partial charge is 0.447 e. The summed E-state index contributed by atoms with van der Waals surface area (Å²) in [5.41, 5.74) is 0.465. The first-order chi connectivity index (χ1) is 19.5. The van der Waals surface area contributed by atoms with Crippen molar-refractivity contribution < 1.29 is 33.0 Å². The van der Waals surface area contributed by atoms with E-state index in [2.05, 4.69) is 0 Å². The lowest BCUT2D eigenvalue weighted by Gasteiger charge is -2.39. The van der Waals surface area contributed by atoms with Crippen LogP contribution in [-0.2, 0) is 25.4 Å². The molecule has 0 unspecified atom stereocenters. The predicted molar refractivity (Wildman–Crippen MR) is 152 cm³/mol. The second-order valence-corrected chi connectivity index (χ2v) is 12.1. The standard InChI is InChI=1S/C31H38ClFN2O6/c1-31(2,3)41-29(37)34(22-11-13-24(39-4)14-12-22)18-25(21-10-15-26(32)27(33)17-21)28(36)35-23(19-40-30(35)38)16-20-8-6-5-7-9-20/h5-10,15,17,22-25H,11-14,16,18-19H2,1-4H3/t22-,23-,24-,25-/m1/s1. The number of amides is 3. The minimum Gasteiger partial charge on any atom is -0.447 e. The van der Waals surface area contributed by atoms with Gasteiger partial charge in [-0.15, -0.1) is 0 Å². The molecular formula is C31H38ClFN2O6. The first kappa shape index (κ1) is 30.8. The van der Waals surface area contributed by atoms with Gasteiger partial charge in [-0.1, -0.05) is 48.0 Å². The predicted octanol–water partition coefficient (Wildman–Crippen LogP) is 6.35. The number of halogens is 2. The smallest absolute Gasteiger partial charge is 0.417 e. The minimum atomic E-state index is -1.07. The maximum Gasteiger partial charge on any atom is 0.417 e. The summed E-state index contributed by atoms with van der Waals surface area (Å²) in [4.78, 5) is 43.4. The first-order valence-corrected chi connectivity index (χ1v) is 14.4. The number of carbonyl (C=O) groups is 3. The van der Waals surface area contributed by atoms with E-state index in [9.17, 15) is 18.8 Å². The summed E-state index contributed by atoms with van der Waals surface area (Å²) in [6.07, 6.45) is 1.93. The summed E-state index contributed by atoms with van der Waals surface area (Å²) in [6.45, 7) is 5.25. The molecule has 2 aromatic carbocycles. The van der Waals surface area contributed by atoms with E-state index < -0.39 is 41.5 Å². The number of hydrogen-bond donors (Lipinski definition) is 0. The van der Waals surface area contributed by atoms with Crippen LogP contribution in [0.15, 0.2) is 48.5 Å². The first-order valence-electron chi connectivity index (χ1n) is 14.0. The van der Waals surface area contributed by atoms with E-state index in [1.807, 2.05) is 30.3 Å². The Balaban J connectivity index is 1.69. The number of hydrogen-bond acceptors (Lipinski definition) is 6. The van der Waals surface area contributed by atoms with Crippen molar-refractivity contribution in [2.75, 3.05) is 20.3 Å². The molecule has 1 heterocycles. The van der Waals surface area contributed by atoms with Crippen molar-refractivity contribution in [3.63, 3.8) is 0 Å². The Morgan fingerprint density at radius 3 is 2.41 bits per heavy atom. The molecule has 4 rings (SSSR count). The van der Waals surface area contributed by atoms with Crippen LogP contribution in [-0.4, -0.2) is 71.9 Å². The van der Waals surface area contributed by atoms with Crippen LogP contribution in [0.5, 0.6) is 0 Å². The highest BCUT2D eigenvalue weighted by atomic mass is 35.5. The summed E-state index contributed by atoms with van der Waals surface area (Å²) in [6, 6.07) is 12.8. The third-order valence-electron chi connectivity index (χ3n) is 7.58. The van der Waals surface area contributed by atoms with Crippen molar-refractivity contribution in [3.8, 4) is 0 Å². The SMILES string of the molecule is CO[C@H]1CC[C@H](N(C[C@@H](C(=O)N2C(=O)OC[C@H]2Cc2ccccc2)c2ccc(Cl)c(F)c2)C(=O)OC(C)(C)C)CC1. The monoisotopic (exact) mass is 588 g/mol. The van der Waals surface area contributed by atoms with Crippen LogP contribution >= 0.6 is 11.6 Å². The van der Waals surface area contributed by atoms with Gasteiger partial charge in [0, 0.05) is 19.7 Å². The summed E-state index contributed by atoms with van der Waals surface area (Å²) in [5, 5.41) is -0.0932. The molecule has 1 aliphatic carbocycles. The number of ether oxygens (including phenoxy) is 3. The third kappa shape index (κ3) is 7.77. The molecule has 2 aromatic rings. The highest BCUT2D eigenvalue weighted by Gasteiger charge is 2.43. The van der Waals surface area contributed by atoms with Crippen molar-refractivity contribution in [1.29, 1.82) is 0 Å². The molecule has 2 fully saturated rings. The normalized spacial score (nSPS) is 21.8. The molecule has 1 saturated heterocycles. The van der Waals surface area contributed by atoms with Crippen LogP contribution < -0.4 is 0 Å². The molecular weight excluding hydrogens is 551 g/mol. The maximum absolute atomic E-state index is 14.7. The van der Waals surface area contributed by atoms with E-state index in [0.717, 1.165) is 23.3 Å². The van der Waals surface area contributed by atoms with Crippen LogP contribution in [0, 0.1) is 5.82 Å². The number of cyclic esters (lactones) is 1. The van der Waals surface area contributed by atoms with E-state index in [0.29, 0.717) is 24.8 Å². The van der Waals surface area contributed by atoms with Crippen molar-refractivity contribution in [3.05, 3.63) is 70.5 Å². The van der Waals surface area contributed by atoms with E-state index in [1.165, 1.54) is 12.1 Å². The van der Waals surface area contributed by atoms with Crippen LogP contribution in [0.1, 0.15) is 63.5 Å². The van der Waals surface area contributed by atoms with Gasteiger partial charge in [0.25, 0.3) is 0 Å². The third-order valence-corrected chi connectivity index (χ3v) is 7.89. The van der Waals surface area contributed by atoms with Gasteiger partial charge in [0.2, 0.25) is 5.91 Å². The molecule has 222 valence electrons. The molecule has 2 aliphatic rings. The lowest BCUT2D eigenvalue weighted by Crippen LogP contribution is -2.50. The average Bonchev–Trinajstić information content (AvgIpc) is 3.29. The number of carbonyl (C=O) groups excluding carboxylic acids is 3. The van der Waals surface area contributed by atoms with Gasteiger partial charge in [-0.05, 0) is 76.1 Å². The Labute approximate surface area is 245 Å². The van der Waals surface area contributed by atoms with E-state index >= 15 is 0 Å². The highest BCUT2D eigenvalue weighted by Crippen LogP contribution is 2.32. The van der Waals surface area contributed by atoms with Crippen molar-refractivity contribution in [2.45, 2.75) is 82.6 Å². The fourth-order valence-electron chi connectivity index (χ4n) is 5.47. The minimum absolute atomic E-state index is 0.0397. The van der Waals surface area contributed by atoms with Crippen molar-refractivity contribution >= 4 is 29.7 Å². The lowest BCUT2D eigenvalue weighted by molar-refractivity contribution is -0.131. The van der Waals surface area contributed by atoms with Gasteiger partial charge >= 0.3 is 12.2 Å². The Hall–Kier alpha value is -3.17. The second-order valence-electron chi connectivity index (χ2n) is 11.7. The summed E-state index contributed by atoms with van der Waals surface area (Å²) >= 11 is 5.97. The molecule has 1 aliphatic heterocycles. The molecule has 0 aromatic heterocycles. The van der Waals surface area contributed by atoms with Crippen LogP contribution in [0.2, 0.25) is 5.02 Å². The molecule has 0 bridgehead atoms. The fraction of sp³-hybridized carbons (Fsp3) is 0.516. The average molecular weight is 589 g/mol. The van der Waals surface area contributed by atoms with Crippen LogP contribution in [0.25, 0.3) is 0 Å². The van der Waals surface area contributed by atoms with Crippen molar-refractivity contribution in [2.24, 2.45) is 0 Å². The maximum atomic E-state index is 14.7. The molecule has 3 amide bonds. The molecule has 1 saturated carbocycles. The fourth-order valence-corrected chi connectivity index (χ4v) is 5.59. The topological polar surface area (TPSA) is 85.4 Å². The van der Waals surface area contributed by atoms with E-state index in [1.54, 1.807) is 38.8 Å². The summed E-state index contributed by atoms with van der Waals surface area (Å²) in [7, 11) is 1.67. The molecule has 10 heteroatoms. The molecule has 8 nitrogen and oxygen atoms in total. The number of rotatable bonds is 8. The highest BCUT2D eigenvalue weighted by molar-refractivity contribution is 6.30. The Morgan fingerprint density at radius 2 is 1.80 bits per heavy atom. The number of methoxy groups -OCH3 is 1. The van der Waals surface area contributed by atoms with Gasteiger partial charge in [0.1, 0.15) is 18.0 Å². The van der Waals surface area contributed by atoms with Gasteiger partial charge in [-0.2, -0.15) is 0 Å². The van der Waals surface area contributed by atoms with Gasteiger partial charge < -0.3 is 19.1 Å². The molecule has 0 radical (unpaired) electrons. The summed E-state index contributed by atoms with van der Waals surface area (Å²) in [5.74, 6) is -2.34.